The lowest BCUT2D eigenvalue weighted by molar-refractivity contribution is 0.120. The molecule has 1 aliphatic heterocycles. The predicted molar refractivity (Wildman–Crippen MR) is 79.2 cm³/mol. The first kappa shape index (κ1) is 12.6. The molecule has 0 aromatic carbocycles. The minimum absolute atomic E-state index is 0.804. The highest BCUT2D eigenvalue weighted by Crippen LogP contribution is 2.39. The van der Waals surface area contributed by atoms with E-state index in [0.717, 1.165) is 29.8 Å². The standard InChI is InChI=1S/C17H30N2/c1-2-14(3-1)10-18-16-9-15(8-13-4-5-13)11-19(12-16)17-6-7-17/h13-18H,1-12H2. The van der Waals surface area contributed by atoms with Gasteiger partial charge in [-0.05, 0) is 62.8 Å². The van der Waals surface area contributed by atoms with Crippen molar-refractivity contribution in [2.24, 2.45) is 17.8 Å². The zero-order valence-electron chi connectivity index (χ0n) is 12.3. The Hall–Kier alpha value is -0.0800. The zero-order chi connectivity index (χ0) is 12.7. The van der Waals surface area contributed by atoms with Gasteiger partial charge in [0.2, 0.25) is 0 Å². The summed E-state index contributed by atoms with van der Waals surface area (Å²) < 4.78 is 0. The average Bonchev–Trinajstić information content (AvgIpc) is 3.21. The molecule has 1 N–H and O–H groups in total. The fourth-order valence-electron chi connectivity index (χ4n) is 4.15. The summed E-state index contributed by atoms with van der Waals surface area (Å²) in [6.45, 7) is 4.07. The van der Waals surface area contributed by atoms with Crippen LogP contribution in [0.5, 0.6) is 0 Å². The number of nitrogens with zero attached hydrogens (tertiary/aromatic N) is 1. The third kappa shape index (κ3) is 3.33. The summed E-state index contributed by atoms with van der Waals surface area (Å²) >= 11 is 0. The van der Waals surface area contributed by atoms with Crippen molar-refractivity contribution in [3.63, 3.8) is 0 Å². The van der Waals surface area contributed by atoms with E-state index in [2.05, 4.69) is 10.2 Å². The number of nitrogens with one attached hydrogen (secondary N) is 1. The first-order chi connectivity index (χ1) is 9.37. The summed E-state index contributed by atoms with van der Waals surface area (Å²) in [4.78, 5) is 2.83. The molecular weight excluding hydrogens is 232 g/mol. The Balaban J connectivity index is 1.29. The van der Waals surface area contributed by atoms with Crippen LogP contribution in [0.15, 0.2) is 0 Å². The molecule has 2 atom stereocenters. The molecule has 0 bridgehead atoms. The van der Waals surface area contributed by atoms with Crippen LogP contribution in [-0.4, -0.2) is 36.6 Å². The average molecular weight is 262 g/mol. The largest absolute Gasteiger partial charge is 0.312 e. The smallest absolute Gasteiger partial charge is 0.0198 e. The van der Waals surface area contributed by atoms with Gasteiger partial charge in [0.15, 0.2) is 0 Å². The topological polar surface area (TPSA) is 15.3 Å². The fraction of sp³-hybridized carbons (Fsp3) is 1.00. The van der Waals surface area contributed by atoms with Gasteiger partial charge in [-0.15, -0.1) is 0 Å². The van der Waals surface area contributed by atoms with Crippen molar-refractivity contribution in [2.45, 2.75) is 69.9 Å². The quantitative estimate of drug-likeness (QED) is 0.791. The van der Waals surface area contributed by atoms with Crippen molar-refractivity contribution in [2.75, 3.05) is 19.6 Å². The van der Waals surface area contributed by atoms with E-state index in [4.69, 9.17) is 0 Å². The van der Waals surface area contributed by atoms with E-state index in [1.807, 2.05) is 0 Å². The maximum Gasteiger partial charge on any atom is 0.0198 e. The van der Waals surface area contributed by atoms with E-state index < -0.39 is 0 Å². The lowest BCUT2D eigenvalue weighted by Gasteiger charge is -2.39. The Morgan fingerprint density at radius 3 is 2.32 bits per heavy atom. The molecular formula is C17H30N2. The number of likely N-dealkylation sites (tertiary alicyclic amines) is 1. The second kappa shape index (κ2) is 5.37. The molecule has 0 aromatic rings. The van der Waals surface area contributed by atoms with Crippen LogP contribution < -0.4 is 5.32 Å². The van der Waals surface area contributed by atoms with Gasteiger partial charge in [0.1, 0.15) is 0 Å². The third-order valence-corrected chi connectivity index (χ3v) is 5.91. The van der Waals surface area contributed by atoms with E-state index >= 15 is 0 Å². The minimum atomic E-state index is 0.804. The third-order valence-electron chi connectivity index (χ3n) is 5.91. The molecule has 1 saturated heterocycles. The van der Waals surface area contributed by atoms with E-state index in [1.165, 1.54) is 77.4 Å². The molecule has 4 fully saturated rings. The Morgan fingerprint density at radius 2 is 1.68 bits per heavy atom. The molecule has 0 radical (unpaired) electrons. The van der Waals surface area contributed by atoms with Gasteiger partial charge in [-0.3, -0.25) is 4.90 Å². The molecule has 0 aromatic heterocycles. The lowest BCUT2D eigenvalue weighted by atomic mass is 9.84. The Bertz CT molecular complexity index is 304. The minimum Gasteiger partial charge on any atom is -0.312 e. The van der Waals surface area contributed by atoms with Crippen LogP contribution in [-0.2, 0) is 0 Å². The second-order valence-corrected chi connectivity index (χ2v) is 7.87. The number of piperidine rings is 1. The van der Waals surface area contributed by atoms with E-state index in [0.29, 0.717) is 0 Å². The number of hydrogen-bond donors (Lipinski definition) is 1. The van der Waals surface area contributed by atoms with Gasteiger partial charge in [-0.25, -0.2) is 0 Å². The molecule has 19 heavy (non-hydrogen) atoms. The molecule has 3 saturated carbocycles. The van der Waals surface area contributed by atoms with E-state index in [9.17, 15) is 0 Å². The van der Waals surface area contributed by atoms with E-state index in [-0.39, 0.29) is 0 Å². The SMILES string of the molecule is C1CC(CNC2CC(CC3CC3)CN(C3CC3)C2)C1. The first-order valence-electron chi connectivity index (χ1n) is 8.84. The lowest BCUT2D eigenvalue weighted by Crippen LogP contribution is -2.51. The fourth-order valence-corrected chi connectivity index (χ4v) is 4.15. The Morgan fingerprint density at radius 1 is 0.842 bits per heavy atom. The molecule has 1 heterocycles. The van der Waals surface area contributed by atoms with E-state index in [1.54, 1.807) is 0 Å². The first-order valence-corrected chi connectivity index (χ1v) is 8.84. The van der Waals surface area contributed by atoms with Gasteiger partial charge < -0.3 is 5.32 Å². The molecule has 0 spiro atoms. The van der Waals surface area contributed by atoms with Gasteiger partial charge in [0.25, 0.3) is 0 Å². The summed E-state index contributed by atoms with van der Waals surface area (Å²) in [6.07, 6.45) is 13.5. The number of hydrogen-bond acceptors (Lipinski definition) is 2. The van der Waals surface area contributed by atoms with Crippen LogP contribution in [0, 0.1) is 17.8 Å². The molecule has 2 unspecified atom stereocenters. The molecule has 2 heteroatoms. The monoisotopic (exact) mass is 262 g/mol. The van der Waals surface area contributed by atoms with Crippen LogP contribution in [0.1, 0.15) is 57.8 Å². The summed E-state index contributed by atoms with van der Waals surface area (Å²) in [5, 5.41) is 3.92. The summed E-state index contributed by atoms with van der Waals surface area (Å²) in [6, 6.07) is 1.77. The second-order valence-electron chi connectivity index (χ2n) is 7.87. The van der Waals surface area contributed by atoms with Gasteiger partial charge in [0.05, 0.1) is 0 Å². The molecule has 0 amide bonds. The summed E-state index contributed by atoms with van der Waals surface area (Å²) in [7, 11) is 0. The van der Waals surface area contributed by atoms with Crippen molar-refractivity contribution in [3.05, 3.63) is 0 Å². The molecule has 3 aliphatic carbocycles. The predicted octanol–water partition coefficient (Wildman–Crippen LogP) is 3.03. The van der Waals surface area contributed by atoms with Crippen LogP contribution in [0.2, 0.25) is 0 Å². The maximum absolute atomic E-state index is 3.92. The van der Waals surface area contributed by atoms with Crippen molar-refractivity contribution >= 4 is 0 Å². The molecule has 2 nitrogen and oxygen atoms in total. The van der Waals surface area contributed by atoms with Crippen LogP contribution in [0.25, 0.3) is 0 Å². The van der Waals surface area contributed by atoms with Crippen molar-refractivity contribution in [3.8, 4) is 0 Å². The number of rotatable bonds is 6. The van der Waals surface area contributed by atoms with Crippen LogP contribution in [0.4, 0.5) is 0 Å². The Labute approximate surface area is 118 Å². The highest BCUT2D eigenvalue weighted by atomic mass is 15.2. The van der Waals surface area contributed by atoms with Crippen LogP contribution in [0.3, 0.4) is 0 Å². The van der Waals surface area contributed by atoms with Gasteiger partial charge >= 0.3 is 0 Å². The highest BCUT2D eigenvalue weighted by molar-refractivity contribution is 4.94. The van der Waals surface area contributed by atoms with Crippen molar-refractivity contribution < 1.29 is 0 Å². The summed E-state index contributed by atoms with van der Waals surface area (Å²) in [5.74, 6) is 3.12. The maximum atomic E-state index is 3.92. The molecule has 108 valence electrons. The normalized spacial score (nSPS) is 37.3. The van der Waals surface area contributed by atoms with Gasteiger partial charge in [0, 0.05) is 25.2 Å². The summed E-state index contributed by atoms with van der Waals surface area (Å²) in [5.41, 5.74) is 0. The van der Waals surface area contributed by atoms with Gasteiger partial charge in [-0.2, -0.15) is 0 Å². The van der Waals surface area contributed by atoms with Gasteiger partial charge in [-0.1, -0.05) is 19.3 Å². The zero-order valence-corrected chi connectivity index (χ0v) is 12.3. The molecule has 4 rings (SSSR count). The molecule has 4 aliphatic rings. The van der Waals surface area contributed by atoms with Crippen molar-refractivity contribution in [1.82, 2.24) is 10.2 Å². The Kier molecular flexibility index (Phi) is 3.57. The van der Waals surface area contributed by atoms with Crippen LogP contribution >= 0.6 is 0 Å². The van der Waals surface area contributed by atoms with Crippen molar-refractivity contribution in [1.29, 1.82) is 0 Å². The highest BCUT2D eigenvalue weighted by Gasteiger charge is 2.38.